The van der Waals surface area contributed by atoms with Gasteiger partial charge in [0, 0.05) is 348 Å². The molecule has 0 spiro atoms. The average Bonchev–Trinajstić information content (AvgIpc) is 1.23. The molecule has 9 aromatic carbocycles. The fourth-order valence-corrected chi connectivity index (χ4v) is 16.0. The van der Waals surface area contributed by atoms with Gasteiger partial charge in [-0.15, -0.1) is 97.1 Å². The number of rotatable bonds is 9. The van der Waals surface area contributed by atoms with Crippen molar-refractivity contribution < 1.29 is 342 Å². The van der Waals surface area contributed by atoms with Gasteiger partial charge in [0.15, 0.2) is 0 Å². The second-order valence-corrected chi connectivity index (χ2v) is 28.3. The van der Waals surface area contributed by atoms with E-state index in [4.69, 9.17) is 0 Å². The normalized spacial score (nSPS) is 18.1. The molecule has 9 aliphatic carbocycles. The SMILES string of the molecule is [CH2-][NH2+]C1CC[CH-]Cc2ccccc21.[CH2-][NH2+][C@@H]1CC[CH-]c2ccccc21.[CH2-][NH2+][C@@H]1CC[CH-]c2ccccc21.[CH2-][NH2+][C@@H]1C[CH-]c2ccccc21.[CH2-][NH2+][C@@H]1C[CH-]c2ccccc21.[CH2-][NH2+][C@H]1CC[CH-]c2ccccc21.[CH2-][NH2+][C@H]1CC[CH-]c2ccccc21.[CH2-][NH2+][C@H]1C[CH-]c2ccccc21.[CH2-][NH2+][C@H]1C[CH-]c2ccccc21.[CH3-].[CH3-].[CH3-].[CH3-].[CH3-].[CH3-].[CH3-].[CH3-].[CH3-].[Y].[Y].[Y].[Y].[Y].[Y].[Y].[Y].[Y]. The van der Waals surface area contributed by atoms with E-state index < -0.39 is 0 Å². The molecule has 9 aromatic rings. The van der Waals surface area contributed by atoms with Crippen LogP contribution in [0.5, 0.6) is 0 Å². The van der Waals surface area contributed by atoms with Crippen molar-refractivity contribution in [3.05, 3.63) is 507 Å². The van der Waals surface area contributed by atoms with E-state index in [0.29, 0.717) is 54.4 Å². The Bertz CT molecular complexity index is 3590. The average molecular weight is 2340 g/mol. The van der Waals surface area contributed by atoms with Crippen LogP contribution in [0, 0.1) is 188 Å². The van der Waals surface area contributed by atoms with Gasteiger partial charge in [-0.2, -0.15) is 221 Å². The summed E-state index contributed by atoms with van der Waals surface area (Å²) in [7, 11) is 34.7. The molecule has 657 valence electrons. The number of benzene rings is 9. The van der Waals surface area contributed by atoms with E-state index in [0.717, 1.165) is 32.1 Å². The predicted octanol–water partition coefficient (Wildman–Crippen LogP) is 15.5. The van der Waals surface area contributed by atoms with Crippen molar-refractivity contribution in [1.29, 1.82) is 0 Å². The molecule has 18 N–H and O–H groups in total. The van der Waals surface area contributed by atoms with Gasteiger partial charge in [0.1, 0.15) is 0 Å². The summed E-state index contributed by atoms with van der Waals surface area (Å²) in [4.78, 5) is 0. The Hall–Kier alpha value is 1.52. The first-order valence-electron chi connectivity index (χ1n) is 38.6. The van der Waals surface area contributed by atoms with Crippen LogP contribution in [0.25, 0.3) is 0 Å². The first-order chi connectivity index (χ1) is 51.7. The van der Waals surface area contributed by atoms with Crippen molar-refractivity contribution in [2.75, 3.05) is 0 Å². The van der Waals surface area contributed by atoms with Gasteiger partial charge in [-0.1, -0.05) is 149 Å². The molecule has 0 fully saturated rings. The van der Waals surface area contributed by atoms with E-state index in [9.17, 15) is 0 Å². The van der Waals surface area contributed by atoms with Crippen molar-refractivity contribution in [2.45, 2.75) is 151 Å². The van der Waals surface area contributed by atoms with Crippen molar-refractivity contribution in [3.8, 4) is 0 Å². The van der Waals surface area contributed by atoms with Crippen LogP contribution in [0.1, 0.15) is 244 Å². The number of hydrogen-bond donors (Lipinski definition) is 9. The summed E-state index contributed by atoms with van der Waals surface area (Å²) in [5, 5.41) is 18.4. The molecule has 0 amide bonds. The molecular weight excluding hydrogens is 2190 g/mol. The minimum atomic E-state index is 0. The third-order valence-corrected chi connectivity index (χ3v) is 22.0. The van der Waals surface area contributed by atoms with Gasteiger partial charge in [-0.25, -0.2) is 0 Å². The van der Waals surface area contributed by atoms with Crippen molar-refractivity contribution >= 4 is 0 Å². The first kappa shape index (κ1) is 142. The zero-order valence-corrected chi connectivity index (χ0v) is 102. The zero-order chi connectivity index (χ0) is 73.4. The zero-order valence-electron chi connectivity index (χ0n) is 76.5. The Labute approximate surface area is 983 Å². The summed E-state index contributed by atoms with van der Waals surface area (Å²) in [5.41, 5.74) is 25.6. The summed E-state index contributed by atoms with van der Waals surface area (Å²) in [6.07, 6.45) is 38.5. The number of hydrogen-bond acceptors (Lipinski definition) is 0. The number of fused-ring (bicyclic) bond motifs is 9. The van der Waals surface area contributed by atoms with Crippen LogP contribution in [-0.4, -0.2) is 0 Å². The van der Waals surface area contributed by atoms with Crippen LogP contribution in [0.3, 0.4) is 0 Å². The Morgan fingerprint density at radius 3 is 0.545 bits per heavy atom. The molecule has 0 heterocycles. The Balaban J connectivity index is -0.000000167. The molecule has 9 radical (unpaired) electrons. The summed E-state index contributed by atoms with van der Waals surface area (Å²) in [6.45, 7) is 0. The predicted molar refractivity (Wildman–Crippen MR) is 486 cm³/mol. The van der Waals surface area contributed by atoms with Gasteiger partial charge < -0.3 is 121 Å². The van der Waals surface area contributed by atoms with Gasteiger partial charge in [0.2, 0.25) is 0 Å². The molecule has 9 aliphatic rings. The molecule has 1 unspecified atom stereocenters. The number of nitrogens with two attached hydrogens (primary N) is 9. The van der Waals surface area contributed by atoms with Crippen LogP contribution >= 0.6 is 0 Å². The Kier molecular flexibility index (Phi) is 93.5. The minimum Gasteiger partial charge on any atom is -0.483 e. The van der Waals surface area contributed by atoms with Gasteiger partial charge in [0.25, 0.3) is 0 Å². The molecule has 0 aliphatic heterocycles. The van der Waals surface area contributed by atoms with Gasteiger partial charge in [-0.05, 0) is 57.8 Å². The molecule has 0 bridgehead atoms. The van der Waals surface area contributed by atoms with Crippen LogP contribution < -0.4 is 47.9 Å². The molecule has 18 heteroatoms. The van der Waals surface area contributed by atoms with Gasteiger partial charge in [-0.3, -0.25) is 0 Å². The third-order valence-electron chi connectivity index (χ3n) is 22.0. The van der Waals surface area contributed by atoms with Crippen LogP contribution in [-0.2, 0) is 301 Å². The van der Waals surface area contributed by atoms with Crippen molar-refractivity contribution in [2.24, 2.45) is 0 Å². The Morgan fingerprint density at radius 1 is 0.187 bits per heavy atom. The second-order valence-electron chi connectivity index (χ2n) is 28.3. The quantitative estimate of drug-likeness (QED) is 0.0500. The van der Waals surface area contributed by atoms with E-state index >= 15 is 0 Å². The van der Waals surface area contributed by atoms with Crippen LogP contribution in [0.15, 0.2) is 218 Å². The van der Waals surface area contributed by atoms with Crippen LogP contribution in [0.2, 0.25) is 0 Å². The fraction of sp³-hybridized carbons (Fsp3) is 0.229. The van der Waals surface area contributed by atoms with E-state index in [1.807, 2.05) is 21.3 Å². The molecule has 0 saturated carbocycles. The maximum atomic E-state index is 3.91. The molecule has 0 aromatic heterocycles. The van der Waals surface area contributed by atoms with E-state index in [-0.39, 0.29) is 361 Å². The standard InChI is InChI=1S/C12H16N.4C11H14N.4C10H12N.9CH3.9Y/c1-13-12-9-5-3-7-10-6-2-4-8-11(10)12;4*1-12-11-8-4-6-9-5-2-3-7-10(9)11;4*1-11-10-7-6-8-4-2-3-5-9(8)10;;;;;;;;;;;;;;;;;;/h2-4,6,8,12H,1,5,7,9,13H2;4*2-3,5-7,11H,1,4,8,12H2;4*2-6,10H,1,7,11H2;9*1H3;;;;;;;;;/q18*-1;;;;;;;;;/t;4*11-;4*10-;;;;;;;;;;;;;;;;;;/m.11001100................../s1. The summed E-state index contributed by atoms with van der Waals surface area (Å²) in [5.74, 6) is 0. The maximum absolute atomic E-state index is 3.91. The summed E-state index contributed by atoms with van der Waals surface area (Å²) >= 11 is 0. The monoisotopic (exact) mass is 2330 g/mol. The molecule has 18 rings (SSSR count). The summed E-state index contributed by atoms with van der Waals surface area (Å²) in [6, 6.07) is 82.3. The minimum absolute atomic E-state index is 0. The van der Waals surface area contributed by atoms with E-state index in [2.05, 4.69) is 366 Å². The van der Waals surface area contributed by atoms with E-state index in [1.165, 1.54) is 164 Å². The molecular formula is C105H147N9Y9-18. The molecule has 9 nitrogen and oxygen atoms in total. The topological polar surface area (TPSA) is 149 Å². The number of quaternary nitrogens is 9. The first-order valence-corrected chi connectivity index (χ1v) is 38.6. The van der Waals surface area contributed by atoms with E-state index in [1.54, 1.807) is 0 Å². The van der Waals surface area contributed by atoms with Crippen molar-refractivity contribution in [3.63, 3.8) is 0 Å². The fourth-order valence-electron chi connectivity index (χ4n) is 16.0. The van der Waals surface area contributed by atoms with Gasteiger partial charge in [0.05, 0.1) is 6.04 Å². The second kappa shape index (κ2) is 80.8. The Morgan fingerprint density at radius 2 is 0.341 bits per heavy atom. The molecule has 123 heavy (non-hydrogen) atoms. The third kappa shape index (κ3) is 43.2. The molecule has 0 saturated heterocycles. The largest absolute Gasteiger partial charge is 0.483 e. The van der Waals surface area contributed by atoms with Crippen LogP contribution in [0.4, 0.5) is 0 Å². The maximum Gasteiger partial charge on any atom is 0.0853 e. The summed E-state index contributed by atoms with van der Waals surface area (Å²) < 4.78 is 0. The smallest absolute Gasteiger partial charge is 0.0853 e. The van der Waals surface area contributed by atoms with Gasteiger partial charge >= 0.3 is 0 Å². The van der Waals surface area contributed by atoms with Crippen molar-refractivity contribution in [1.82, 2.24) is 0 Å². The molecule has 9 atom stereocenters.